The van der Waals surface area contributed by atoms with Crippen LogP contribution in [-0.2, 0) is 0 Å². The molecule has 0 unspecified atom stereocenters. The predicted molar refractivity (Wildman–Crippen MR) is 72.4 cm³/mol. The standard InChI is InChI=1S/C16H17FN2/c1-3-11-4-6-12(7-5-11)13-8-14(10-18)16(17)15(9-13)19-2/h8-9,11-12H,3-7H2,1H3. The van der Waals surface area contributed by atoms with Crippen LogP contribution in [0.15, 0.2) is 12.1 Å². The van der Waals surface area contributed by atoms with Crippen LogP contribution >= 0.6 is 0 Å². The van der Waals surface area contributed by atoms with Crippen LogP contribution in [0.4, 0.5) is 10.1 Å². The number of hydrogen-bond acceptors (Lipinski definition) is 1. The van der Waals surface area contributed by atoms with Crippen molar-refractivity contribution in [1.82, 2.24) is 0 Å². The Balaban J connectivity index is 2.27. The molecule has 0 spiro atoms. The van der Waals surface area contributed by atoms with Crippen molar-refractivity contribution in [1.29, 1.82) is 5.26 Å². The second-order valence-corrected chi connectivity index (χ2v) is 5.25. The largest absolute Gasteiger partial charge is 0.235 e. The van der Waals surface area contributed by atoms with Crippen molar-refractivity contribution in [2.45, 2.75) is 44.9 Å². The Kier molecular flexibility index (Phi) is 4.17. The molecule has 0 saturated heterocycles. The van der Waals surface area contributed by atoms with Gasteiger partial charge in [-0.05, 0) is 49.7 Å². The topological polar surface area (TPSA) is 28.1 Å². The second-order valence-electron chi connectivity index (χ2n) is 5.25. The van der Waals surface area contributed by atoms with Gasteiger partial charge in [0.15, 0.2) is 0 Å². The molecule has 2 nitrogen and oxygen atoms in total. The molecular weight excluding hydrogens is 239 g/mol. The molecule has 3 heteroatoms. The lowest BCUT2D eigenvalue weighted by molar-refractivity contribution is 0.318. The van der Waals surface area contributed by atoms with Crippen LogP contribution in [0, 0.1) is 29.6 Å². The third-order valence-electron chi connectivity index (χ3n) is 4.21. The molecule has 0 aromatic heterocycles. The Morgan fingerprint density at radius 1 is 1.37 bits per heavy atom. The SMILES string of the molecule is [C-]#[N+]c1cc(C2CCC(CC)CC2)cc(C#N)c1F. The Morgan fingerprint density at radius 3 is 2.58 bits per heavy atom. The molecule has 0 bridgehead atoms. The zero-order chi connectivity index (χ0) is 13.8. The smallest absolute Gasteiger partial charge is 0.223 e. The monoisotopic (exact) mass is 256 g/mol. The molecule has 1 fully saturated rings. The fourth-order valence-corrected chi connectivity index (χ4v) is 2.93. The van der Waals surface area contributed by atoms with E-state index in [2.05, 4.69) is 11.8 Å². The molecule has 1 aromatic carbocycles. The summed E-state index contributed by atoms with van der Waals surface area (Å²) >= 11 is 0. The molecule has 1 saturated carbocycles. The molecule has 0 radical (unpaired) electrons. The lowest BCUT2D eigenvalue weighted by Crippen LogP contribution is -2.12. The normalized spacial score (nSPS) is 22.5. The number of nitrogens with zero attached hydrogens (tertiary/aromatic N) is 2. The van der Waals surface area contributed by atoms with E-state index in [-0.39, 0.29) is 11.3 Å². The molecule has 1 aromatic rings. The lowest BCUT2D eigenvalue weighted by atomic mass is 9.77. The average Bonchev–Trinajstić information content (AvgIpc) is 2.47. The summed E-state index contributed by atoms with van der Waals surface area (Å²) in [5.74, 6) is 0.493. The van der Waals surface area contributed by atoms with Gasteiger partial charge in [0, 0.05) is 0 Å². The van der Waals surface area contributed by atoms with Crippen molar-refractivity contribution in [2.24, 2.45) is 5.92 Å². The number of halogens is 1. The van der Waals surface area contributed by atoms with Crippen molar-refractivity contribution in [3.05, 3.63) is 40.5 Å². The van der Waals surface area contributed by atoms with E-state index in [0.717, 1.165) is 24.3 Å². The van der Waals surface area contributed by atoms with Gasteiger partial charge in [-0.2, -0.15) is 5.26 Å². The summed E-state index contributed by atoms with van der Waals surface area (Å²) in [5, 5.41) is 8.95. The van der Waals surface area contributed by atoms with Gasteiger partial charge in [0.2, 0.25) is 5.69 Å². The predicted octanol–water partition coefficient (Wildman–Crippen LogP) is 4.93. The van der Waals surface area contributed by atoms with Crippen molar-refractivity contribution >= 4 is 5.69 Å². The van der Waals surface area contributed by atoms with Crippen LogP contribution < -0.4 is 0 Å². The number of benzene rings is 1. The van der Waals surface area contributed by atoms with Gasteiger partial charge in [0.05, 0.1) is 12.1 Å². The fraction of sp³-hybridized carbons (Fsp3) is 0.500. The molecule has 0 aliphatic heterocycles. The zero-order valence-corrected chi connectivity index (χ0v) is 11.1. The first-order valence-corrected chi connectivity index (χ1v) is 6.80. The van der Waals surface area contributed by atoms with Crippen molar-refractivity contribution < 1.29 is 4.39 Å². The van der Waals surface area contributed by atoms with Crippen molar-refractivity contribution in [3.63, 3.8) is 0 Å². The molecule has 2 rings (SSSR count). The third-order valence-corrected chi connectivity index (χ3v) is 4.21. The molecule has 98 valence electrons. The van der Waals surface area contributed by atoms with Gasteiger partial charge >= 0.3 is 0 Å². The molecule has 0 heterocycles. The lowest BCUT2D eigenvalue weighted by Gasteiger charge is -2.28. The molecule has 0 amide bonds. The maximum Gasteiger partial charge on any atom is 0.223 e. The third kappa shape index (κ3) is 2.76. The van der Waals surface area contributed by atoms with Crippen LogP contribution in [-0.4, -0.2) is 0 Å². The van der Waals surface area contributed by atoms with Gasteiger partial charge in [-0.25, -0.2) is 9.24 Å². The molecule has 0 N–H and O–H groups in total. The summed E-state index contributed by atoms with van der Waals surface area (Å²) in [6, 6.07) is 5.10. The highest BCUT2D eigenvalue weighted by Gasteiger charge is 2.23. The maximum absolute atomic E-state index is 13.7. The van der Waals surface area contributed by atoms with Gasteiger partial charge < -0.3 is 0 Å². The van der Waals surface area contributed by atoms with E-state index < -0.39 is 5.82 Å². The van der Waals surface area contributed by atoms with E-state index in [0.29, 0.717) is 5.92 Å². The summed E-state index contributed by atoms with van der Waals surface area (Å²) in [6.07, 6.45) is 5.74. The van der Waals surface area contributed by atoms with Gasteiger partial charge in [0.1, 0.15) is 11.9 Å². The average molecular weight is 256 g/mol. The highest BCUT2D eigenvalue weighted by Crippen LogP contribution is 2.39. The summed E-state index contributed by atoms with van der Waals surface area (Å²) in [6.45, 7) is 9.22. The van der Waals surface area contributed by atoms with Gasteiger partial charge in [0.25, 0.3) is 0 Å². The first kappa shape index (κ1) is 13.6. The summed E-state index contributed by atoms with van der Waals surface area (Å²) in [4.78, 5) is 3.19. The minimum absolute atomic E-state index is 0.00103. The van der Waals surface area contributed by atoms with E-state index in [9.17, 15) is 4.39 Å². The first-order valence-electron chi connectivity index (χ1n) is 6.80. The molecule has 1 aliphatic carbocycles. The van der Waals surface area contributed by atoms with Crippen molar-refractivity contribution in [3.8, 4) is 6.07 Å². The number of rotatable bonds is 2. The van der Waals surface area contributed by atoms with Crippen LogP contribution in [0.3, 0.4) is 0 Å². The highest BCUT2D eigenvalue weighted by atomic mass is 19.1. The Morgan fingerprint density at radius 2 is 2.05 bits per heavy atom. The van der Waals surface area contributed by atoms with Gasteiger partial charge in [-0.15, -0.1) is 0 Å². The first-order chi connectivity index (χ1) is 9.19. The second kappa shape index (κ2) is 5.85. The number of hydrogen-bond donors (Lipinski definition) is 0. The number of nitriles is 1. The highest BCUT2D eigenvalue weighted by molar-refractivity contribution is 5.55. The van der Waals surface area contributed by atoms with E-state index in [1.54, 1.807) is 12.1 Å². The van der Waals surface area contributed by atoms with E-state index in [1.165, 1.54) is 19.3 Å². The van der Waals surface area contributed by atoms with Gasteiger partial charge in [-0.3, -0.25) is 0 Å². The minimum Gasteiger partial charge on any atom is -0.235 e. The fourth-order valence-electron chi connectivity index (χ4n) is 2.93. The Labute approximate surface area is 113 Å². The quantitative estimate of drug-likeness (QED) is 0.689. The molecule has 19 heavy (non-hydrogen) atoms. The maximum atomic E-state index is 13.7. The van der Waals surface area contributed by atoms with Crippen molar-refractivity contribution in [2.75, 3.05) is 0 Å². The summed E-state index contributed by atoms with van der Waals surface area (Å²) in [7, 11) is 0. The molecule has 1 aliphatic rings. The molecule has 0 atom stereocenters. The van der Waals surface area contributed by atoms with Crippen LogP contribution in [0.25, 0.3) is 4.85 Å². The van der Waals surface area contributed by atoms with Gasteiger partial charge in [-0.1, -0.05) is 18.9 Å². The van der Waals surface area contributed by atoms with Crippen LogP contribution in [0.5, 0.6) is 0 Å². The van der Waals surface area contributed by atoms with Crippen LogP contribution in [0.2, 0.25) is 0 Å². The Hall–Kier alpha value is -1.87. The summed E-state index contributed by atoms with van der Waals surface area (Å²) < 4.78 is 13.7. The van der Waals surface area contributed by atoms with E-state index in [4.69, 9.17) is 11.8 Å². The van der Waals surface area contributed by atoms with E-state index >= 15 is 0 Å². The van der Waals surface area contributed by atoms with Crippen LogP contribution in [0.1, 0.15) is 56.1 Å². The minimum atomic E-state index is -0.677. The zero-order valence-electron chi connectivity index (χ0n) is 11.1. The van der Waals surface area contributed by atoms with E-state index in [1.807, 2.05) is 6.07 Å². The summed E-state index contributed by atoms with van der Waals surface area (Å²) in [5.41, 5.74) is 0.936. The molecular formula is C16H17FN2. The Bertz CT molecular complexity index is 508.